The topological polar surface area (TPSA) is 40.2 Å². The van der Waals surface area contributed by atoms with Crippen molar-refractivity contribution in [3.8, 4) is 11.4 Å². The number of benzene rings is 2. The number of fused-ring (bicyclic) bond motifs is 2. The quantitative estimate of drug-likeness (QED) is 0.554. The van der Waals surface area contributed by atoms with Gasteiger partial charge in [0.2, 0.25) is 0 Å². The first kappa shape index (κ1) is 12.0. The van der Waals surface area contributed by atoms with Crippen molar-refractivity contribution in [2.24, 2.45) is 0 Å². The first-order valence-corrected chi connectivity index (χ1v) is 6.78. The SMILES string of the molecule is COc1c2ccoc2cc2c1c(C)nn2-c1ccccc1. The van der Waals surface area contributed by atoms with Gasteiger partial charge in [-0.3, -0.25) is 0 Å². The molecule has 21 heavy (non-hydrogen) atoms. The first-order chi connectivity index (χ1) is 10.3. The van der Waals surface area contributed by atoms with Crippen molar-refractivity contribution in [1.29, 1.82) is 0 Å². The number of para-hydroxylation sites is 1. The number of ether oxygens (including phenoxy) is 1. The predicted octanol–water partition coefficient (Wildman–Crippen LogP) is 4.09. The van der Waals surface area contributed by atoms with E-state index in [9.17, 15) is 0 Å². The summed E-state index contributed by atoms with van der Waals surface area (Å²) in [4.78, 5) is 0. The van der Waals surface area contributed by atoms with Gasteiger partial charge >= 0.3 is 0 Å². The van der Waals surface area contributed by atoms with Crippen molar-refractivity contribution in [3.63, 3.8) is 0 Å². The molecule has 0 aliphatic heterocycles. The van der Waals surface area contributed by atoms with Crippen LogP contribution in [0.1, 0.15) is 5.69 Å². The lowest BCUT2D eigenvalue weighted by Gasteiger charge is -2.06. The summed E-state index contributed by atoms with van der Waals surface area (Å²) in [5.74, 6) is 0.816. The minimum absolute atomic E-state index is 0.802. The summed E-state index contributed by atoms with van der Waals surface area (Å²) in [6, 6.07) is 14.0. The number of aromatic nitrogens is 2. The summed E-state index contributed by atoms with van der Waals surface area (Å²) in [5.41, 5.74) is 3.74. The summed E-state index contributed by atoms with van der Waals surface area (Å²) in [5, 5.41) is 6.66. The van der Waals surface area contributed by atoms with E-state index in [0.29, 0.717) is 0 Å². The Bertz CT molecular complexity index is 936. The molecule has 2 aromatic carbocycles. The third-order valence-electron chi connectivity index (χ3n) is 3.74. The molecule has 0 fully saturated rings. The van der Waals surface area contributed by atoms with E-state index in [1.807, 2.05) is 54.1 Å². The fourth-order valence-electron chi connectivity index (χ4n) is 2.82. The zero-order valence-corrected chi connectivity index (χ0v) is 11.8. The minimum atomic E-state index is 0.802. The van der Waals surface area contributed by atoms with Crippen molar-refractivity contribution in [3.05, 3.63) is 54.4 Å². The summed E-state index contributed by atoms with van der Waals surface area (Å²) in [6.45, 7) is 2.00. The van der Waals surface area contributed by atoms with Crippen LogP contribution in [0.5, 0.6) is 5.75 Å². The van der Waals surface area contributed by atoms with Gasteiger partial charge in [0.1, 0.15) is 11.3 Å². The molecular formula is C17H14N2O2. The second kappa shape index (κ2) is 4.38. The monoisotopic (exact) mass is 278 g/mol. The van der Waals surface area contributed by atoms with Crippen LogP contribution >= 0.6 is 0 Å². The molecule has 4 heteroatoms. The number of nitrogens with zero attached hydrogens (tertiary/aromatic N) is 2. The number of hydrogen-bond donors (Lipinski definition) is 0. The average molecular weight is 278 g/mol. The van der Waals surface area contributed by atoms with E-state index < -0.39 is 0 Å². The number of aryl methyl sites for hydroxylation is 1. The fourth-order valence-corrected chi connectivity index (χ4v) is 2.82. The van der Waals surface area contributed by atoms with Gasteiger partial charge in [-0.1, -0.05) is 18.2 Å². The highest BCUT2D eigenvalue weighted by atomic mass is 16.5. The Morgan fingerprint density at radius 2 is 1.95 bits per heavy atom. The molecule has 0 unspecified atom stereocenters. The zero-order chi connectivity index (χ0) is 14.4. The Morgan fingerprint density at radius 3 is 2.71 bits per heavy atom. The highest BCUT2D eigenvalue weighted by Crippen LogP contribution is 2.37. The molecule has 0 spiro atoms. The molecule has 0 N–H and O–H groups in total. The Kier molecular flexibility index (Phi) is 2.51. The van der Waals surface area contributed by atoms with Crippen LogP contribution in [0.4, 0.5) is 0 Å². The zero-order valence-electron chi connectivity index (χ0n) is 11.8. The molecule has 4 rings (SSSR count). The van der Waals surface area contributed by atoms with E-state index in [-0.39, 0.29) is 0 Å². The normalized spacial score (nSPS) is 11.3. The molecule has 104 valence electrons. The van der Waals surface area contributed by atoms with Crippen LogP contribution in [0, 0.1) is 6.92 Å². The molecule has 0 bridgehead atoms. The molecule has 0 radical (unpaired) electrons. The molecule has 0 saturated heterocycles. The van der Waals surface area contributed by atoms with E-state index in [4.69, 9.17) is 9.15 Å². The summed E-state index contributed by atoms with van der Waals surface area (Å²) < 4.78 is 13.1. The smallest absolute Gasteiger partial charge is 0.141 e. The molecule has 0 aliphatic carbocycles. The molecule has 4 nitrogen and oxygen atoms in total. The van der Waals surface area contributed by atoms with Gasteiger partial charge in [0.15, 0.2) is 0 Å². The van der Waals surface area contributed by atoms with Gasteiger partial charge in [0.05, 0.1) is 41.0 Å². The maximum absolute atomic E-state index is 5.62. The van der Waals surface area contributed by atoms with Crippen LogP contribution in [0.15, 0.2) is 53.1 Å². The van der Waals surface area contributed by atoms with E-state index in [0.717, 1.165) is 39.0 Å². The summed E-state index contributed by atoms with van der Waals surface area (Å²) in [6.07, 6.45) is 1.68. The maximum Gasteiger partial charge on any atom is 0.141 e. The van der Waals surface area contributed by atoms with Gasteiger partial charge < -0.3 is 9.15 Å². The van der Waals surface area contributed by atoms with Gasteiger partial charge in [-0.25, -0.2) is 4.68 Å². The van der Waals surface area contributed by atoms with E-state index in [1.165, 1.54) is 0 Å². The lowest BCUT2D eigenvalue weighted by molar-refractivity contribution is 0.424. The van der Waals surface area contributed by atoms with Crippen molar-refractivity contribution < 1.29 is 9.15 Å². The van der Waals surface area contributed by atoms with Gasteiger partial charge in [0.25, 0.3) is 0 Å². The minimum Gasteiger partial charge on any atom is -0.495 e. The molecule has 0 amide bonds. The fraction of sp³-hybridized carbons (Fsp3) is 0.118. The highest BCUT2D eigenvalue weighted by molar-refractivity contribution is 6.03. The lowest BCUT2D eigenvalue weighted by atomic mass is 10.1. The van der Waals surface area contributed by atoms with Crippen molar-refractivity contribution in [2.75, 3.05) is 7.11 Å². The first-order valence-electron chi connectivity index (χ1n) is 6.78. The highest BCUT2D eigenvalue weighted by Gasteiger charge is 2.18. The van der Waals surface area contributed by atoms with E-state index in [2.05, 4.69) is 5.10 Å². The Balaban J connectivity index is 2.15. The van der Waals surface area contributed by atoms with Crippen LogP contribution in [-0.2, 0) is 0 Å². The largest absolute Gasteiger partial charge is 0.495 e. The summed E-state index contributed by atoms with van der Waals surface area (Å²) in [7, 11) is 1.68. The molecule has 4 aromatic rings. The van der Waals surface area contributed by atoms with Crippen LogP contribution in [0.2, 0.25) is 0 Å². The maximum atomic E-state index is 5.62. The number of rotatable bonds is 2. The molecule has 2 heterocycles. The van der Waals surface area contributed by atoms with Gasteiger partial charge in [-0.05, 0) is 25.1 Å². The number of hydrogen-bond acceptors (Lipinski definition) is 3. The molecule has 0 aliphatic rings. The molecule has 0 saturated carbocycles. The molecule has 0 atom stereocenters. The summed E-state index contributed by atoms with van der Waals surface area (Å²) >= 11 is 0. The van der Waals surface area contributed by atoms with Crippen molar-refractivity contribution >= 4 is 21.9 Å². The van der Waals surface area contributed by atoms with Crippen LogP contribution < -0.4 is 4.74 Å². The van der Waals surface area contributed by atoms with Crippen LogP contribution in [0.25, 0.3) is 27.6 Å². The van der Waals surface area contributed by atoms with Crippen LogP contribution in [-0.4, -0.2) is 16.9 Å². The van der Waals surface area contributed by atoms with Crippen molar-refractivity contribution in [2.45, 2.75) is 6.92 Å². The third-order valence-corrected chi connectivity index (χ3v) is 3.74. The predicted molar refractivity (Wildman–Crippen MR) is 82.1 cm³/mol. The number of methoxy groups -OCH3 is 1. The molecule has 2 aromatic heterocycles. The Labute approximate surface area is 121 Å². The second-order valence-electron chi connectivity index (χ2n) is 4.97. The van der Waals surface area contributed by atoms with Crippen molar-refractivity contribution in [1.82, 2.24) is 9.78 Å². The standard InChI is InChI=1S/C17H14N2O2/c1-11-16-14(19(18-11)12-6-4-3-5-7-12)10-15-13(8-9-21-15)17(16)20-2/h3-10H,1-2H3. The van der Waals surface area contributed by atoms with E-state index >= 15 is 0 Å². The third kappa shape index (κ3) is 1.65. The average Bonchev–Trinajstić information content (AvgIpc) is 3.11. The number of furan rings is 1. The van der Waals surface area contributed by atoms with Gasteiger partial charge in [0, 0.05) is 6.07 Å². The van der Waals surface area contributed by atoms with E-state index in [1.54, 1.807) is 13.4 Å². The molecular weight excluding hydrogens is 264 g/mol. The Morgan fingerprint density at radius 1 is 1.14 bits per heavy atom. The van der Waals surface area contributed by atoms with Gasteiger partial charge in [-0.2, -0.15) is 5.10 Å². The van der Waals surface area contributed by atoms with Gasteiger partial charge in [-0.15, -0.1) is 0 Å². The lowest BCUT2D eigenvalue weighted by Crippen LogP contribution is -1.95. The Hall–Kier alpha value is -2.75. The van der Waals surface area contributed by atoms with Crippen LogP contribution in [0.3, 0.4) is 0 Å². The second-order valence-corrected chi connectivity index (χ2v) is 4.97.